The normalized spacial score (nSPS) is 15.1. The van der Waals surface area contributed by atoms with E-state index in [0.29, 0.717) is 30.9 Å². The molecule has 0 atom stereocenters. The van der Waals surface area contributed by atoms with Crippen molar-refractivity contribution in [3.8, 4) is 0 Å². The molecule has 0 aliphatic carbocycles. The smallest absolute Gasteiger partial charge is 0.261 e. The molecule has 1 saturated heterocycles. The molecule has 4 rings (SSSR count). The average Bonchev–Trinajstić information content (AvgIpc) is 3.19. The maximum Gasteiger partial charge on any atom is 0.261 e. The summed E-state index contributed by atoms with van der Waals surface area (Å²) >= 11 is 0. The van der Waals surface area contributed by atoms with Gasteiger partial charge in [-0.05, 0) is 37.3 Å². The van der Waals surface area contributed by atoms with Gasteiger partial charge >= 0.3 is 0 Å². The van der Waals surface area contributed by atoms with Crippen LogP contribution in [0.25, 0.3) is 0 Å². The molecule has 1 fully saturated rings. The van der Waals surface area contributed by atoms with E-state index in [2.05, 4.69) is 14.8 Å². The van der Waals surface area contributed by atoms with E-state index in [-0.39, 0.29) is 10.8 Å². The van der Waals surface area contributed by atoms with Crippen LogP contribution in [0, 0.1) is 6.92 Å². The molecule has 1 aliphatic rings. The Balaban J connectivity index is 1.38. The van der Waals surface area contributed by atoms with Crippen molar-refractivity contribution in [2.24, 2.45) is 0 Å². The molecule has 0 saturated carbocycles. The van der Waals surface area contributed by atoms with Gasteiger partial charge in [0.05, 0.1) is 17.1 Å². The van der Waals surface area contributed by atoms with Crippen LogP contribution in [0.15, 0.2) is 70.1 Å². The molecule has 8 nitrogen and oxygen atoms in total. The highest BCUT2D eigenvalue weighted by atomic mass is 32.2. The summed E-state index contributed by atoms with van der Waals surface area (Å²) in [6.45, 7) is 5.19. The fourth-order valence-electron chi connectivity index (χ4n) is 3.53. The third kappa shape index (κ3) is 5.12. The number of anilines is 1. The van der Waals surface area contributed by atoms with E-state index in [1.807, 2.05) is 13.0 Å². The summed E-state index contributed by atoms with van der Waals surface area (Å²) in [5.74, 6) is 0.701. The predicted molar refractivity (Wildman–Crippen MR) is 116 cm³/mol. The average molecular weight is 441 g/mol. The summed E-state index contributed by atoms with van der Waals surface area (Å²) in [5, 5.41) is 3.90. The van der Waals surface area contributed by atoms with Gasteiger partial charge in [-0.15, -0.1) is 0 Å². The van der Waals surface area contributed by atoms with Crippen LogP contribution in [-0.2, 0) is 16.6 Å². The van der Waals surface area contributed by atoms with Gasteiger partial charge in [0.2, 0.25) is 0 Å². The second kappa shape index (κ2) is 8.91. The van der Waals surface area contributed by atoms with Crippen LogP contribution in [0.2, 0.25) is 0 Å². The van der Waals surface area contributed by atoms with Crippen molar-refractivity contribution in [1.29, 1.82) is 0 Å². The molecule has 1 aliphatic heterocycles. The van der Waals surface area contributed by atoms with E-state index in [9.17, 15) is 13.2 Å². The molecule has 2 heterocycles. The van der Waals surface area contributed by atoms with E-state index in [1.165, 1.54) is 12.1 Å². The van der Waals surface area contributed by atoms with E-state index < -0.39 is 10.0 Å². The minimum Gasteiger partial charge on any atom is -0.360 e. The van der Waals surface area contributed by atoms with Gasteiger partial charge in [0, 0.05) is 43.5 Å². The van der Waals surface area contributed by atoms with Gasteiger partial charge in [0.25, 0.3) is 15.9 Å². The van der Waals surface area contributed by atoms with Crippen LogP contribution in [-0.4, -0.2) is 55.5 Å². The summed E-state index contributed by atoms with van der Waals surface area (Å²) in [6, 6.07) is 16.6. The van der Waals surface area contributed by atoms with Gasteiger partial charge in [0.15, 0.2) is 5.76 Å². The van der Waals surface area contributed by atoms with Gasteiger partial charge in [-0.25, -0.2) is 8.42 Å². The van der Waals surface area contributed by atoms with Crippen LogP contribution < -0.4 is 4.72 Å². The standard InChI is InChI=1S/C22H24N4O4S/c1-17-14-20(30-23-17)16-25-10-12-26(13-11-25)22(27)18-6-5-7-19(15-18)24-31(28,29)21-8-3-2-4-9-21/h2-9,14-15,24H,10-13,16H2,1H3. The highest BCUT2D eigenvalue weighted by Crippen LogP contribution is 2.19. The summed E-state index contributed by atoms with van der Waals surface area (Å²) in [7, 11) is -3.71. The second-order valence-electron chi connectivity index (χ2n) is 7.50. The number of piperazine rings is 1. The number of sulfonamides is 1. The Hall–Kier alpha value is -3.17. The Labute approximate surface area is 181 Å². The Kier molecular flexibility index (Phi) is 6.06. The van der Waals surface area contributed by atoms with Crippen LogP contribution in [0.1, 0.15) is 21.8 Å². The molecular weight excluding hydrogens is 416 g/mol. The minimum absolute atomic E-state index is 0.115. The lowest BCUT2D eigenvalue weighted by Crippen LogP contribution is -2.48. The molecule has 3 aromatic rings. The number of hydrogen-bond acceptors (Lipinski definition) is 6. The third-order valence-corrected chi connectivity index (χ3v) is 6.53. The molecule has 162 valence electrons. The molecule has 2 aromatic carbocycles. The minimum atomic E-state index is -3.71. The van der Waals surface area contributed by atoms with Gasteiger partial charge in [-0.3, -0.25) is 14.4 Å². The second-order valence-corrected chi connectivity index (χ2v) is 9.18. The first-order chi connectivity index (χ1) is 14.9. The van der Waals surface area contributed by atoms with Gasteiger partial charge < -0.3 is 9.42 Å². The number of aryl methyl sites for hydroxylation is 1. The molecule has 0 unspecified atom stereocenters. The number of rotatable bonds is 6. The van der Waals surface area contributed by atoms with E-state index in [0.717, 1.165) is 24.5 Å². The van der Waals surface area contributed by atoms with Crippen LogP contribution in [0.5, 0.6) is 0 Å². The number of aromatic nitrogens is 1. The van der Waals surface area contributed by atoms with Gasteiger partial charge in [-0.1, -0.05) is 29.4 Å². The zero-order valence-electron chi connectivity index (χ0n) is 17.2. The van der Waals surface area contributed by atoms with E-state index in [4.69, 9.17) is 4.52 Å². The zero-order valence-corrected chi connectivity index (χ0v) is 18.0. The first kappa shape index (κ1) is 21.1. The topological polar surface area (TPSA) is 95.8 Å². The summed E-state index contributed by atoms with van der Waals surface area (Å²) in [4.78, 5) is 17.1. The lowest BCUT2D eigenvalue weighted by atomic mass is 10.1. The predicted octanol–water partition coefficient (Wildman–Crippen LogP) is 2.74. The number of carbonyl (C=O) groups is 1. The molecule has 1 amide bonds. The Morgan fingerprint density at radius 1 is 1.03 bits per heavy atom. The van der Waals surface area contributed by atoms with Crippen LogP contribution >= 0.6 is 0 Å². The quantitative estimate of drug-likeness (QED) is 0.633. The summed E-state index contributed by atoms with van der Waals surface area (Å²) < 4.78 is 32.9. The Morgan fingerprint density at radius 3 is 2.45 bits per heavy atom. The Bertz CT molecular complexity index is 1150. The number of carbonyl (C=O) groups excluding carboxylic acids is 1. The van der Waals surface area contributed by atoms with Crippen molar-refractivity contribution < 1.29 is 17.7 Å². The van der Waals surface area contributed by atoms with E-state index >= 15 is 0 Å². The fraction of sp³-hybridized carbons (Fsp3) is 0.273. The number of amides is 1. The number of nitrogens with zero attached hydrogens (tertiary/aromatic N) is 3. The Morgan fingerprint density at radius 2 is 1.77 bits per heavy atom. The first-order valence-electron chi connectivity index (χ1n) is 10.0. The largest absolute Gasteiger partial charge is 0.360 e. The summed E-state index contributed by atoms with van der Waals surface area (Å²) in [5.41, 5.74) is 1.66. The monoisotopic (exact) mass is 440 g/mol. The van der Waals surface area contributed by atoms with Crippen molar-refractivity contribution >= 4 is 21.6 Å². The molecule has 1 aromatic heterocycles. The van der Waals surface area contributed by atoms with Crippen molar-refractivity contribution in [2.75, 3.05) is 30.9 Å². The third-order valence-electron chi connectivity index (χ3n) is 5.13. The fourth-order valence-corrected chi connectivity index (χ4v) is 4.60. The lowest BCUT2D eigenvalue weighted by Gasteiger charge is -2.34. The molecule has 0 spiro atoms. The van der Waals surface area contributed by atoms with Crippen molar-refractivity contribution in [1.82, 2.24) is 15.0 Å². The first-order valence-corrected chi connectivity index (χ1v) is 11.5. The van der Waals surface area contributed by atoms with Gasteiger partial charge in [0.1, 0.15) is 0 Å². The van der Waals surface area contributed by atoms with E-state index in [1.54, 1.807) is 47.4 Å². The molecule has 1 N–H and O–H groups in total. The number of hydrogen-bond donors (Lipinski definition) is 1. The van der Waals surface area contributed by atoms with Crippen molar-refractivity contribution in [2.45, 2.75) is 18.4 Å². The van der Waals surface area contributed by atoms with Gasteiger partial charge in [-0.2, -0.15) is 0 Å². The molecular formula is C22H24N4O4S. The lowest BCUT2D eigenvalue weighted by molar-refractivity contribution is 0.0617. The highest BCUT2D eigenvalue weighted by molar-refractivity contribution is 7.92. The summed E-state index contributed by atoms with van der Waals surface area (Å²) in [6.07, 6.45) is 0. The van der Waals surface area contributed by atoms with Crippen molar-refractivity contribution in [3.63, 3.8) is 0 Å². The molecule has 0 bridgehead atoms. The maximum atomic E-state index is 13.0. The number of nitrogens with one attached hydrogen (secondary N) is 1. The molecule has 31 heavy (non-hydrogen) atoms. The SMILES string of the molecule is Cc1cc(CN2CCN(C(=O)c3cccc(NS(=O)(=O)c4ccccc4)c3)CC2)on1. The van der Waals surface area contributed by atoms with Crippen LogP contribution in [0.4, 0.5) is 5.69 Å². The molecule has 0 radical (unpaired) electrons. The molecule has 9 heteroatoms. The number of benzene rings is 2. The van der Waals surface area contributed by atoms with Crippen LogP contribution in [0.3, 0.4) is 0 Å². The van der Waals surface area contributed by atoms with Crippen molar-refractivity contribution in [3.05, 3.63) is 77.7 Å². The zero-order chi connectivity index (χ0) is 21.8. The highest BCUT2D eigenvalue weighted by Gasteiger charge is 2.23. The maximum absolute atomic E-state index is 13.0.